The van der Waals surface area contributed by atoms with Gasteiger partial charge in [0.2, 0.25) is 0 Å². The summed E-state index contributed by atoms with van der Waals surface area (Å²) >= 11 is 0. The van der Waals surface area contributed by atoms with Gasteiger partial charge < -0.3 is 9.64 Å². The Hall–Kier alpha value is -0.970. The Morgan fingerprint density at radius 2 is 1.86 bits per heavy atom. The predicted molar refractivity (Wildman–Crippen MR) is 88.3 cm³/mol. The number of halogens is 2. The van der Waals surface area contributed by atoms with Crippen molar-refractivity contribution in [2.75, 3.05) is 26.7 Å². The lowest BCUT2D eigenvalue weighted by molar-refractivity contribution is -0.0426. The standard InChI is InChI=1S/C17H24FNO2.ClH/c1-17(21-2)9-12-19(13-10-17)11-3-4-16(20)14-5-7-15(18)8-6-14;/h5-8H,3-4,9-13H2,1-2H3;1H. The average molecular weight is 330 g/mol. The fraction of sp³-hybridized carbons (Fsp3) is 0.588. The maximum absolute atomic E-state index is 12.8. The van der Waals surface area contributed by atoms with E-state index >= 15 is 0 Å². The molecule has 3 nitrogen and oxygen atoms in total. The molecule has 2 rings (SSSR count). The van der Waals surface area contributed by atoms with E-state index in [4.69, 9.17) is 4.74 Å². The second-order valence-corrected chi connectivity index (χ2v) is 6.03. The maximum Gasteiger partial charge on any atom is 0.162 e. The molecular formula is C17H25ClFNO2. The van der Waals surface area contributed by atoms with Crippen molar-refractivity contribution in [2.24, 2.45) is 0 Å². The van der Waals surface area contributed by atoms with Crippen molar-refractivity contribution in [3.8, 4) is 0 Å². The average Bonchev–Trinajstić information content (AvgIpc) is 2.50. The van der Waals surface area contributed by atoms with Gasteiger partial charge in [0.1, 0.15) is 5.82 Å². The van der Waals surface area contributed by atoms with Crippen LogP contribution in [0.5, 0.6) is 0 Å². The number of ketones is 1. The lowest BCUT2D eigenvalue weighted by Gasteiger charge is -2.38. The third kappa shape index (κ3) is 5.34. The van der Waals surface area contributed by atoms with Gasteiger partial charge in [0, 0.05) is 32.2 Å². The molecule has 1 saturated heterocycles. The van der Waals surface area contributed by atoms with Crippen molar-refractivity contribution in [1.29, 1.82) is 0 Å². The van der Waals surface area contributed by atoms with Crippen LogP contribution in [0.25, 0.3) is 0 Å². The van der Waals surface area contributed by atoms with E-state index in [-0.39, 0.29) is 29.6 Å². The topological polar surface area (TPSA) is 29.5 Å². The van der Waals surface area contributed by atoms with E-state index < -0.39 is 0 Å². The molecule has 0 saturated carbocycles. The van der Waals surface area contributed by atoms with Crippen molar-refractivity contribution < 1.29 is 13.9 Å². The Labute approximate surface area is 138 Å². The molecule has 0 atom stereocenters. The monoisotopic (exact) mass is 329 g/mol. The van der Waals surface area contributed by atoms with Crippen LogP contribution >= 0.6 is 12.4 Å². The Morgan fingerprint density at radius 1 is 1.27 bits per heavy atom. The molecule has 124 valence electrons. The molecule has 1 aliphatic heterocycles. The smallest absolute Gasteiger partial charge is 0.162 e. The van der Waals surface area contributed by atoms with Crippen molar-refractivity contribution >= 4 is 18.2 Å². The van der Waals surface area contributed by atoms with Crippen LogP contribution in [0.4, 0.5) is 4.39 Å². The van der Waals surface area contributed by atoms with Gasteiger partial charge in [-0.1, -0.05) is 0 Å². The van der Waals surface area contributed by atoms with Gasteiger partial charge in [-0.3, -0.25) is 4.79 Å². The van der Waals surface area contributed by atoms with Crippen LogP contribution in [0.3, 0.4) is 0 Å². The number of ether oxygens (including phenoxy) is 1. The molecule has 0 unspecified atom stereocenters. The lowest BCUT2D eigenvalue weighted by Crippen LogP contribution is -2.43. The fourth-order valence-corrected chi connectivity index (χ4v) is 2.70. The molecule has 1 heterocycles. The third-order valence-electron chi connectivity index (χ3n) is 4.45. The van der Waals surface area contributed by atoms with Crippen LogP contribution in [-0.4, -0.2) is 43.0 Å². The van der Waals surface area contributed by atoms with Gasteiger partial charge in [-0.2, -0.15) is 0 Å². The van der Waals surface area contributed by atoms with E-state index in [2.05, 4.69) is 11.8 Å². The number of Topliss-reactive ketones (excluding diaryl/α,β-unsaturated/α-hetero) is 1. The zero-order chi connectivity index (χ0) is 15.3. The molecule has 0 aliphatic carbocycles. The van der Waals surface area contributed by atoms with Crippen LogP contribution in [0.1, 0.15) is 43.0 Å². The summed E-state index contributed by atoms with van der Waals surface area (Å²) in [5, 5.41) is 0. The van der Waals surface area contributed by atoms with Crippen molar-refractivity contribution in [3.63, 3.8) is 0 Å². The van der Waals surface area contributed by atoms with Gasteiger partial charge in [-0.15, -0.1) is 12.4 Å². The van der Waals surface area contributed by atoms with E-state index in [9.17, 15) is 9.18 Å². The molecule has 0 aromatic heterocycles. The Morgan fingerprint density at radius 3 is 2.41 bits per heavy atom. The van der Waals surface area contributed by atoms with Crippen LogP contribution in [0, 0.1) is 5.82 Å². The zero-order valence-electron chi connectivity index (χ0n) is 13.3. The first kappa shape index (κ1) is 19.1. The second kappa shape index (κ2) is 8.61. The summed E-state index contributed by atoms with van der Waals surface area (Å²) in [5.41, 5.74) is 0.613. The number of carbonyl (C=O) groups is 1. The molecule has 0 N–H and O–H groups in total. The Kier molecular flexibility index (Phi) is 7.46. The number of benzene rings is 1. The lowest BCUT2D eigenvalue weighted by atomic mass is 9.93. The fourth-order valence-electron chi connectivity index (χ4n) is 2.70. The number of methoxy groups -OCH3 is 1. The Bertz CT molecular complexity index is 470. The second-order valence-electron chi connectivity index (χ2n) is 6.03. The minimum absolute atomic E-state index is 0. The van der Waals surface area contributed by atoms with Gasteiger partial charge >= 0.3 is 0 Å². The summed E-state index contributed by atoms with van der Waals surface area (Å²) in [6.45, 7) is 5.14. The highest BCUT2D eigenvalue weighted by Crippen LogP contribution is 2.25. The number of hydrogen-bond acceptors (Lipinski definition) is 3. The number of nitrogens with zero attached hydrogens (tertiary/aromatic N) is 1. The Balaban J connectivity index is 0.00000242. The highest BCUT2D eigenvalue weighted by Gasteiger charge is 2.29. The van der Waals surface area contributed by atoms with Crippen LogP contribution < -0.4 is 0 Å². The number of likely N-dealkylation sites (tertiary alicyclic amines) is 1. The molecule has 0 radical (unpaired) electrons. The molecule has 1 fully saturated rings. The van der Waals surface area contributed by atoms with Gasteiger partial charge in [-0.05, 0) is 57.0 Å². The van der Waals surface area contributed by atoms with Gasteiger partial charge in [-0.25, -0.2) is 4.39 Å². The first-order chi connectivity index (χ1) is 10.0. The van der Waals surface area contributed by atoms with E-state index in [0.717, 1.165) is 38.9 Å². The quantitative estimate of drug-likeness (QED) is 0.745. The molecule has 1 aliphatic rings. The molecule has 22 heavy (non-hydrogen) atoms. The molecule has 1 aromatic carbocycles. The largest absolute Gasteiger partial charge is 0.378 e. The van der Waals surface area contributed by atoms with E-state index in [1.807, 2.05) is 0 Å². The van der Waals surface area contributed by atoms with Gasteiger partial charge in [0.25, 0.3) is 0 Å². The number of piperidine rings is 1. The molecular weight excluding hydrogens is 305 g/mol. The third-order valence-corrected chi connectivity index (χ3v) is 4.45. The molecule has 0 spiro atoms. The molecule has 0 bridgehead atoms. The van der Waals surface area contributed by atoms with E-state index in [1.165, 1.54) is 12.1 Å². The molecule has 5 heteroatoms. The van der Waals surface area contributed by atoms with Crippen LogP contribution in [0.15, 0.2) is 24.3 Å². The van der Waals surface area contributed by atoms with Crippen molar-refractivity contribution in [2.45, 2.75) is 38.2 Å². The molecule has 0 amide bonds. The summed E-state index contributed by atoms with van der Waals surface area (Å²) in [6, 6.07) is 5.79. The normalized spacial score (nSPS) is 17.8. The van der Waals surface area contributed by atoms with Gasteiger partial charge in [0.15, 0.2) is 5.78 Å². The zero-order valence-corrected chi connectivity index (χ0v) is 14.1. The number of hydrogen-bond donors (Lipinski definition) is 0. The highest BCUT2D eigenvalue weighted by atomic mass is 35.5. The SMILES string of the molecule is COC1(C)CCN(CCCC(=O)c2ccc(F)cc2)CC1.Cl. The summed E-state index contributed by atoms with van der Waals surface area (Å²) in [7, 11) is 1.77. The van der Waals surface area contributed by atoms with Crippen molar-refractivity contribution in [3.05, 3.63) is 35.6 Å². The summed E-state index contributed by atoms with van der Waals surface area (Å²) in [4.78, 5) is 14.4. The van der Waals surface area contributed by atoms with E-state index in [1.54, 1.807) is 19.2 Å². The van der Waals surface area contributed by atoms with E-state index in [0.29, 0.717) is 12.0 Å². The van der Waals surface area contributed by atoms with Crippen LogP contribution in [-0.2, 0) is 4.74 Å². The van der Waals surface area contributed by atoms with Crippen LogP contribution in [0.2, 0.25) is 0 Å². The summed E-state index contributed by atoms with van der Waals surface area (Å²) in [5.74, 6) is -0.213. The molecule has 1 aromatic rings. The first-order valence-electron chi connectivity index (χ1n) is 7.59. The first-order valence-corrected chi connectivity index (χ1v) is 7.59. The number of rotatable bonds is 6. The van der Waals surface area contributed by atoms with Gasteiger partial charge in [0.05, 0.1) is 5.60 Å². The minimum Gasteiger partial charge on any atom is -0.378 e. The minimum atomic E-state index is -0.305. The summed E-state index contributed by atoms with van der Waals surface area (Å²) in [6.07, 6.45) is 3.44. The van der Waals surface area contributed by atoms with Crippen molar-refractivity contribution in [1.82, 2.24) is 4.90 Å². The summed E-state index contributed by atoms with van der Waals surface area (Å²) < 4.78 is 18.3. The number of carbonyl (C=O) groups excluding carboxylic acids is 1. The highest BCUT2D eigenvalue weighted by molar-refractivity contribution is 5.95. The predicted octanol–water partition coefficient (Wildman–Crippen LogP) is 3.71. The maximum atomic E-state index is 12.8.